The van der Waals surface area contributed by atoms with Crippen LogP contribution in [0.4, 0.5) is 5.69 Å². The van der Waals surface area contributed by atoms with Crippen molar-refractivity contribution in [3.05, 3.63) is 58.4 Å². The van der Waals surface area contributed by atoms with Crippen LogP contribution in [0.5, 0.6) is 0 Å². The number of para-hydroxylation sites is 1. The van der Waals surface area contributed by atoms with E-state index in [0.29, 0.717) is 5.92 Å². The normalized spacial score (nSPS) is 15.6. The van der Waals surface area contributed by atoms with Crippen LogP contribution in [0.2, 0.25) is 0 Å². The summed E-state index contributed by atoms with van der Waals surface area (Å²) in [7, 11) is 0. The van der Waals surface area contributed by atoms with Crippen LogP contribution in [-0.2, 0) is 27.3 Å². The van der Waals surface area contributed by atoms with E-state index >= 15 is 0 Å². The third kappa shape index (κ3) is 4.94. The van der Waals surface area contributed by atoms with E-state index in [1.54, 1.807) is 11.0 Å². The van der Waals surface area contributed by atoms with Crippen LogP contribution in [0.15, 0.2) is 35.9 Å². The van der Waals surface area contributed by atoms with E-state index < -0.39 is 12.6 Å². The average Bonchev–Trinajstić information content (AvgIpc) is 3.23. The minimum atomic E-state index is -0.784. The number of aromatic nitrogens is 1. The molecule has 168 valence electrons. The minimum Gasteiger partial charge on any atom is -0.451 e. The molecule has 0 bridgehead atoms. The van der Waals surface area contributed by atoms with Crippen LogP contribution in [0.3, 0.4) is 0 Å². The zero-order valence-electron chi connectivity index (χ0n) is 19.5. The summed E-state index contributed by atoms with van der Waals surface area (Å²) >= 11 is 0. The second-order valence-electron chi connectivity index (χ2n) is 8.85. The van der Waals surface area contributed by atoms with Gasteiger partial charge in [-0.2, -0.15) is 5.26 Å². The van der Waals surface area contributed by atoms with Crippen molar-refractivity contribution in [1.82, 2.24) is 4.57 Å². The number of ether oxygens (including phenoxy) is 1. The molecule has 6 heteroatoms. The lowest BCUT2D eigenvalue weighted by atomic mass is 10.1. The molecule has 0 saturated heterocycles. The maximum absolute atomic E-state index is 12.8. The number of carbonyl (C=O) groups excluding carboxylic acids is 2. The molecule has 1 aromatic heterocycles. The third-order valence-electron chi connectivity index (χ3n) is 5.99. The van der Waals surface area contributed by atoms with Gasteiger partial charge in [0.15, 0.2) is 6.61 Å². The smallest absolute Gasteiger partial charge is 0.349 e. The fraction of sp³-hybridized carbons (Fsp3) is 0.423. The molecule has 3 rings (SSSR count). The summed E-state index contributed by atoms with van der Waals surface area (Å²) in [5.74, 6) is -0.490. The van der Waals surface area contributed by atoms with Gasteiger partial charge in [-0.25, -0.2) is 4.79 Å². The summed E-state index contributed by atoms with van der Waals surface area (Å²) in [5.41, 5.74) is 4.74. The number of rotatable bonds is 7. The van der Waals surface area contributed by atoms with E-state index in [1.165, 1.54) is 0 Å². The highest BCUT2D eigenvalue weighted by atomic mass is 16.5. The van der Waals surface area contributed by atoms with Crippen LogP contribution in [0.25, 0.3) is 6.08 Å². The van der Waals surface area contributed by atoms with E-state index in [0.717, 1.165) is 47.6 Å². The van der Waals surface area contributed by atoms with Gasteiger partial charge >= 0.3 is 5.97 Å². The molecule has 0 aliphatic carbocycles. The molecule has 1 aliphatic rings. The number of hydrogen-bond acceptors (Lipinski definition) is 4. The fourth-order valence-corrected chi connectivity index (χ4v) is 4.22. The number of hydrogen-bond donors (Lipinski definition) is 0. The number of anilines is 1. The molecule has 6 nitrogen and oxygen atoms in total. The van der Waals surface area contributed by atoms with Gasteiger partial charge in [0, 0.05) is 29.7 Å². The number of carbonyl (C=O) groups is 2. The number of amides is 1. The molecule has 0 radical (unpaired) electrons. The first-order valence-corrected chi connectivity index (χ1v) is 11.1. The third-order valence-corrected chi connectivity index (χ3v) is 5.99. The highest BCUT2D eigenvalue weighted by Gasteiger charge is 2.31. The van der Waals surface area contributed by atoms with Crippen LogP contribution in [0.1, 0.15) is 49.7 Å². The molecule has 1 unspecified atom stereocenters. The Morgan fingerprint density at radius 2 is 2.00 bits per heavy atom. The SMILES string of the molecule is Cc1cc(/C=C(\C#N)C(=O)OCC(=O)N2c3ccccc3CC2C)c(C)n1CCC(C)C. The van der Waals surface area contributed by atoms with Crippen molar-refractivity contribution in [2.45, 2.75) is 60.0 Å². The summed E-state index contributed by atoms with van der Waals surface area (Å²) in [4.78, 5) is 27.0. The Morgan fingerprint density at radius 1 is 1.28 bits per heavy atom. The lowest BCUT2D eigenvalue weighted by Gasteiger charge is -2.22. The molecule has 0 spiro atoms. The molecule has 1 aliphatic heterocycles. The summed E-state index contributed by atoms with van der Waals surface area (Å²) in [6, 6.07) is 11.6. The standard InChI is InChI=1S/C26H31N3O3/c1-17(2)10-11-28-18(3)12-22(20(28)5)14-23(15-27)26(31)32-16-25(30)29-19(4)13-21-8-6-7-9-24(21)29/h6-9,12,14,17,19H,10-11,13,16H2,1-5H3/b23-14+. The van der Waals surface area contributed by atoms with Crippen LogP contribution < -0.4 is 4.90 Å². The predicted molar refractivity (Wildman–Crippen MR) is 125 cm³/mol. The van der Waals surface area contributed by atoms with Gasteiger partial charge in [0.2, 0.25) is 0 Å². The maximum Gasteiger partial charge on any atom is 0.349 e. The molecule has 1 atom stereocenters. The Kier molecular flexibility index (Phi) is 7.19. The van der Waals surface area contributed by atoms with Crippen molar-refractivity contribution >= 4 is 23.6 Å². The number of benzene rings is 1. The van der Waals surface area contributed by atoms with Crippen molar-refractivity contribution < 1.29 is 14.3 Å². The highest BCUT2D eigenvalue weighted by molar-refractivity contribution is 6.01. The Balaban J connectivity index is 1.69. The van der Waals surface area contributed by atoms with Crippen LogP contribution in [-0.4, -0.2) is 29.1 Å². The molecule has 0 saturated carbocycles. The molecule has 2 aromatic rings. The van der Waals surface area contributed by atoms with Crippen molar-refractivity contribution in [1.29, 1.82) is 5.26 Å². The van der Waals surface area contributed by atoms with Crippen molar-refractivity contribution in [3.63, 3.8) is 0 Å². The number of nitrogens with zero attached hydrogens (tertiary/aromatic N) is 3. The molecule has 2 heterocycles. The van der Waals surface area contributed by atoms with Crippen molar-refractivity contribution in [3.8, 4) is 6.07 Å². The zero-order chi connectivity index (χ0) is 23.4. The summed E-state index contributed by atoms with van der Waals surface area (Å²) in [6.07, 6.45) is 3.37. The Hall–Kier alpha value is -3.33. The monoisotopic (exact) mass is 433 g/mol. The topological polar surface area (TPSA) is 75.3 Å². The van der Waals surface area contributed by atoms with Gasteiger partial charge in [-0.05, 0) is 68.9 Å². The van der Waals surface area contributed by atoms with Gasteiger partial charge in [0.25, 0.3) is 5.91 Å². The van der Waals surface area contributed by atoms with Gasteiger partial charge in [0.1, 0.15) is 11.6 Å². The Bertz CT molecular complexity index is 1090. The molecular formula is C26H31N3O3. The fourth-order valence-electron chi connectivity index (χ4n) is 4.22. The van der Waals surface area contributed by atoms with Crippen LogP contribution in [0, 0.1) is 31.1 Å². The van der Waals surface area contributed by atoms with E-state index in [9.17, 15) is 14.9 Å². The van der Waals surface area contributed by atoms with E-state index in [1.807, 2.05) is 57.2 Å². The van der Waals surface area contributed by atoms with Gasteiger partial charge in [-0.15, -0.1) is 0 Å². The highest BCUT2D eigenvalue weighted by Crippen LogP contribution is 2.31. The summed E-state index contributed by atoms with van der Waals surface area (Å²) in [5, 5.41) is 9.53. The molecule has 1 amide bonds. The quantitative estimate of drug-likeness (QED) is 0.364. The van der Waals surface area contributed by atoms with Crippen molar-refractivity contribution in [2.24, 2.45) is 5.92 Å². The van der Waals surface area contributed by atoms with E-state index in [4.69, 9.17) is 4.74 Å². The second kappa shape index (κ2) is 9.86. The number of aryl methyl sites for hydroxylation is 1. The molecule has 32 heavy (non-hydrogen) atoms. The first-order chi connectivity index (χ1) is 15.2. The minimum absolute atomic E-state index is 0.000750. The second-order valence-corrected chi connectivity index (χ2v) is 8.85. The first kappa shape index (κ1) is 23.3. The maximum atomic E-state index is 12.8. The molecular weight excluding hydrogens is 402 g/mol. The van der Waals surface area contributed by atoms with Gasteiger partial charge in [-0.3, -0.25) is 4.79 Å². The molecule has 1 aromatic carbocycles. The lowest BCUT2D eigenvalue weighted by molar-refractivity contribution is -0.143. The summed E-state index contributed by atoms with van der Waals surface area (Å²) in [6.45, 7) is 10.8. The Morgan fingerprint density at radius 3 is 2.69 bits per heavy atom. The number of esters is 1. The van der Waals surface area contributed by atoms with Gasteiger partial charge in [0.05, 0.1) is 0 Å². The zero-order valence-corrected chi connectivity index (χ0v) is 19.5. The lowest BCUT2D eigenvalue weighted by Crippen LogP contribution is -2.38. The predicted octanol–water partition coefficient (Wildman–Crippen LogP) is 4.58. The van der Waals surface area contributed by atoms with Crippen LogP contribution >= 0.6 is 0 Å². The average molecular weight is 434 g/mol. The van der Waals surface area contributed by atoms with Gasteiger partial charge < -0.3 is 14.2 Å². The van der Waals surface area contributed by atoms with Crippen molar-refractivity contribution in [2.75, 3.05) is 11.5 Å². The Labute approximate surface area is 190 Å². The first-order valence-electron chi connectivity index (χ1n) is 11.1. The summed E-state index contributed by atoms with van der Waals surface area (Å²) < 4.78 is 7.43. The number of fused-ring (bicyclic) bond motifs is 1. The van der Waals surface area contributed by atoms with E-state index in [2.05, 4.69) is 18.4 Å². The largest absolute Gasteiger partial charge is 0.451 e. The van der Waals surface area contributed by atoms with Gasteiger partial charge in [-0.1, -0.05) is 32.0 Å². The molecule has 0 fully saturated rings. The van der Waals surface area contributed by atoms with E-state index in [-0.39, 0.29) is 17.5 Å². The molecule has 0 N–H and O–H groups in total. The number of nitriles is 1.